The lowest BCUT2D eigenvalue weighted by Crippen LogP contribution is -2.70. The fourth-order valence-electron chi connectivity index (χ4n) is 11.9. The van der Waals surface area contributed by atoms with E-state index >= 15 is 0 Å². The minimum absolute atomic E-state index is 0.0374. The highest BCUT2D eigenvalue weighted by Crippen LogP contribution is 2.63. The maximum atomic E-state index is 14.3. The van der Waals surface area contributed by atoms with Gasteiger partial charge in [0.25, 0.3) is 0 Å². The summed E-state index contributed by atoms with van der Waals surface area (Å²) in [6.45, 7) is 20.3. The van der Waals surface area contributed by atoms with E-state index in [0.717, 1.165) is 51.4 Å². The highest BCUT2D eigenvalue weighted by Gasteiger charge is 2.71. The lowest BCUT2D eigenvalue weighted by atomic mass is 9.56. The molecule has 10 rings (SSSR count). The molecule has 4 bridgehead atoms. The summed E-state index contributed by atoms with van der Waals surface area (Å²) >= 11 is 0. The Morgan fingerprint density at radius 2 is 1.12 bits per heavy atom. The molecule has 10 nitrogen and oxygen atoms in total. The monoisotopic (exact) mass is 689 g/mol. The second-order valence-corrected chi connectivity index (χ2v) is 19.3. The van der Waals surface area contributed by atoms with Crippen molar-refractivity contribution in [1.82, 2.24) is 5.32 Å². The van der Waals surface area contributed by atoms with Crippen LogP contribution in [0.5, 0.6) is 0 Å². The van der Waals surface area contributed by atoms with Crippen LogP contribution in [0.3, 0.4) is 0 Å². The molecule has 1 N–H and O–H groups in total. The van der Waals surface area contributed by atoms with Crippen molar-refractivity contribution in [1.29, 1.82) is 0 Å². The Hall–Kier alpha value is -0.850. The first-order valence-corrected chi connectivity index (χ1v) is 19.8. The van der Waals surface area contributed by atoms with Gasteiger partial charge < -0.3 is 24.3 Å². The van der Waals surface area contributed by atoms with Crippen LogP contribution >= 0.6 is 0 Å². The lowest BCUT2D eigenvalue weighted by Gasteiger charge is -2.61. The molecule has 0 aromatic heterocycles. The molecule has 2 saturated carbocycles. The fourth-order valence-corrected chi connectivity index (χ4v) is 11.9. The summed E-state index contributed by atoms with van der Waals surface area (Å²) in [5.74, 6) is 0.489. The number of ether oxygens (including phenoxy) is 4. The highest BCUT2D eigenvalue weighted by molar-refractivity contribution is 5.78. The standard InChI is InChI=1S/C39H63NO9/c1-21-10-12-28-23(3)30(42-33-38(28)26(21)14-16-36(8,44-33)46-48-38)18-25(32(41)40-20-35(5,6)7)19-31-24(4)29-13-11-22(2)27-15-17-37(9)45-34(43-31)39(27,29)49-47-37/h21-31,33-34H,10-20H2,1-9H3,(H,40,41)/t21-,22-,23-,24-,26+,27+,28+,29+,30-,31-,33-,34-,36+,37+,38-,39-/m1/s1. The van der Waals surface area contributed by atoms with Crippen molar-refractivity contribution in [2.24, 2.45) is 58.7 Å². The smallest absolute Gasteiger partial charge is 0.223 e. The number of carbonyl (C=O) groups excluding carboxylic acids is 1. The van der Waals surface area contributed by atoms with Crippen molar-refractivity contribution in [3.05, 3.63) is 0 Å². The number of carbonyl (C=O) groups is 1. The first-order chi connectivity index (χ1) is 23.1. The van der Waals surface area contributed by atoms with Crippen LogP contribution in [-0.4, -0.2) is 60.0 Å². The van der Waals surface area contributed by atoms with E-state index in [1.165, 1.54) is 0 Å². The van der Waals surface area contributed by atoms with Gasteiger partial charge in [0.2, 0.25) is 17.5 Å². The van der Waals surface area contributed by atoms with Gasteiger partial charge in [0.05, 0.1) is 12.2 Å². The van der Waals surface area contributed by atoms with Crippen molar-refractivity contribution in [2.75, 3.05) is 6.54 Å². The van der Waals surface area contributed by atoms with Gasteiger partial charge in [-0.2, -0.15) is 0 Å². The van der Waals surface area contributed by atoms with Gasteiger partial charge in [-0.05, 0) is 106 Å². The van der Waals surface area contributed by atoms with Gasteiger partial charge in [-0.1, -0.05) is 48.5 Å². The Bertz CT molecular complexity index is 1200. The average Bonchev–Trinajstić information content (AvgIpc) is 3.41. The maximum Gasteiger partial charge on any atom is 0.223 e. The second kappa shape index (κ2) is 12.1. The third-order valence-electron chi connectivity index (χ3n) is 14.8. The molecular formula is C39H63NO9. The molecule has 10 aliphatic rings. The van der Waals surface area contributed by atoms with E-state index in [0.29, 0.717) is 43.1 Å². The molecule has 8 aliphatic heterocycles. The van der Waals surface area contributed by atoms with Gasteiger partial charge in [0.15, 0.2) is 23.8 Å². The van der Waals surface area contributed by atoms with E-state index in [-0.39, 0.29) is 53.1 Å². The SMILES string of the molecule is C[C@H]1[C@@H](CC(C[C@H]2O[C@@H]3O[C@]4(C)CC[C@H]5[C@H](C)CC[C@@H]([C@H]2C)[C@@]35OO4)C(=O)NCC(C)(C)C)O[C@@H]2O[C@]3(C)CC[C@H]4[C@H](C)CC[C@@H]1[C@@]24OO3. The van der Waals surface area contributed by atoms with Crippen molar-refractivity contribution in [2.45, 2.75) is 174 Å². The van der Waals surface area contributed by atoms with Crippen molar-refractivity contribution in [3.63, 3.8) is 0 Å². The molecule has 0 aromatic carbocycles. The molecule has 1 amide bonds. The molecule has 2 aliphatic carbocycles. The number of fused-ring (bicyclic) bond motifs is 4. The van der Waals surface area contributed by atoms with E-state index in [1.807, 2.05) is 13.8 Å². The largest absolute Gasteiger partial charge is 0.355 e. The zero-order valence-electron chi connectivity index (χ0n) is 31.5. The summed E-state index contributed by atoms with van der Waals surface area (Å²) in [7, 11) is 0. The predicted octanol–water partition coefficient (Wildman–Crippen LogP) is 7.05. The highest BCUT2D eigenvalue weighted by atomic mass is 17.3. The number of hydrogen-bond donors (Lipinski definition) is 1. The quantitative estimate of drug-likeness (QED) is 0.294. The molecule has 10 heteroatoms. The molecule has 8 saturated heterocycles. The molecule has 278 valence electrons. The Morgan fingerprint density at radius 1 is 0.673 bits per heavy atom. The number of nitrogens with one attached hydrogen (secondary N) is 1. The van der Waals surface area contributed by atoms with Crippen LogP contribution in [0.15, 0.2) is 0 Å². The number of hydrogen-bond acceptors (Lipinski definition) is 9. The fraction of sp³-hybridized carbons (Fsp3) is 0.974. The minimum Gasteiger partial charge on any atom is -0.355 e. The van der Waals surface area contributed by atoms with Crippen LogP contribution < -0.4 is 5.32 Å². The molecule has 49 heavy (non-hydrogen) atoms. The van der Waals surface area contributed by atoms with Crippen molar-refractivity contribution >= 4 is 5.91 Å². The van der Waals surface area contributed by atoms with E-state index in [4.69, 9.17) is 38.5 Å². The van der Waals surface area contributed by atoms with Gasteiger partial charge in [0, 0.05) is 37.1 Å². The van der Waals surface area contributed by atoms with Crippen LogP contribution in [0, 0.1) is 58.7 Å². The Balaban J connectivity index is 1.07. The second-order valence-electron chi connectivity index (χ2n) is 19.3. The molecule has 2 spiro atoms. The van der Waals surface area contributed by atoms with Gasteiger partial charge in [-0.3, -0.25) is 4.79 Å². The number of rotatable bonds is 6. The third kappa shape index (κ3) is 5.59. The van der Waals surface area contributed by atoms with Crippen LogP contribution in [0.1, 0.15) is 127 Å². The van der Waals surface area contributed by atoms with Crippen LogP contribution in [-0.2, 0) is 43.3 Å². The summed E-state index contributed by atoms with van der Waals surface area (Å²) in [5, 5.41) is 3.32. The van der Waals surface area contributed by atoms with Gasteiger partial charge in [-0.15, -0.1) is 0 Å². The van der Waals surface area contributed by atoms with Gasteiger partial charge in [-0.25, -0.2) is 19.6 Å². The first-order valence-electron chi connectivity index (χ1n) is 19.8. The summed E-state index contributed by atoms with van der Waals surface area (Å²) in [6.07, 6.45) is 7.73. The average molecular weight is 690 g/mol. The van der Waals surface area contributed by atoms with Gasteiger partial charge in [0.1, 0.15) is 0 Å². The van der Waals surface area contributed by atoms with Crippen LogP contribution in [0.4, 0.5) is 0 Å². The van der Waals surface area contributed by atoms with Crippen LogP contribution in [0.25, 0.3) is 0 Å². The molecule has 8 heterocycles. The Labute approximate surface area is 293 Å². The van der Waals surface area contributed by atoms with E-state index in [2.05, 4.69) is 53.8 Å². The Morgan fingerprint density at radius 3 is 1.55 bits per heavy atom. The summed E-state index contributed by atoms with van der Waals surface area (Å²) in [5.41, 5.74) is -1.28. The molecule has 0 aromatic rings. The molecule has 16 atom stereocenters. The summed E-state index contributed by atoms with van der Waals surface area (Å²) < 4.78 is 27.4. The maximum absolute atomic E-state index is 14.3. The van der Waals surface area contributed by atoms with Crippen molar-refractivity contribution in [3.8, 4) is 0 Å². The molecule has 0 radical (unpaired) electrons. The van der Waals surface area contributed by atoms with E-state index < -0.39 is 35.4 Å². The van der Waals surface area contributed by atoms with E-state index in [9.17, 15) is 4.79 Å². The first kappa shape index (κ1) is 35.2. The van der Waals surface area contributed by atoms with Crippen molar-refractivity contribution < 1.29 is 43.3 Å². The number of amides is 1. The summed E-state index contributed by atoms with van der Waals surface area (Å²) in [6, 6.07) is 0. The molecule has 0 unspecified atom stereocenters. The predicted molar refractivity (Wildman–Crippen MR) is 179 cm³/mol. The summed E-state index contributed by atoms with van der Waals surface area (Å²) in [4.78, 5) is 39.3. The zero-order valence-corrected chi connectivity index (χ0v) is 31.5. The lowest BCUT2D eigenvalue weighted by molar-refractivity contribution is -0.571. The normalized spacial score (nSPS) is 53.9. The third-order valence-corrected chi connectivity index (χ3v) is 14.8. The van der Waals surface area contributed by atoms with E-state index in [1.54, 1.807) is 0 Å². The molecule has 10 fully saturated rings. The minimum atomic E-state index is -0.830. The van der Waals surface area contributed by atoms with Gasteiger partial charge >= 0.3 is 0 Å². The molecular weight excluding hydrogens is 626 g/mol. The van der Waals surface area contributed by atoms with Crippen LogP contribution in [0.2, 0.25) is 0 Å². The Kier molecular flexibility index (Phi) is 8.68. The zero-order chi connectivity index (χ0) is 34.7. The topological polar surface area (TPSA) is 103 Å².